The molecule has 2 heterocycles. The molecule has 1 amide bonds. The van der Waals surface area contributed by atoms with E-state index in [1.165, 1.54) is 11.1 Å². The van der Waals surface area contributed by atoms with Gasteiger partial charge in [0, 0.05) is 12.2 Å². The largest absolute Gasteiger partial charge is 0.385 e. The first-order chi connectivity index (χ1) is 12.5. The van der Waals surface area contributed by atoms with Crippen LogP contribution in [0.2, 0.25) is 0 Å². The van der Waals surface area contributed by atoms with Gasteiger partial charge in [0.15, 0.2) is 11.5 Å². The number of benzene rings is 1. The van der Waals surface area contributed by atoms with E-state index in [1.807, 2.05) is 26.0 Å². The molecule has 134 valence electrons. The van der Waals surface area contributed by atoms with Crippen molar-refractivity contribution in [3.63, 3.8) is 0 Å². The zero-order valence-corrected chi connectivity index (χ0v) is 14.9. The standard InChI is InChI=1S/C20H22N4O2/c1-12(2)18(25)19-23-22-17-8-7-15(11-24(17)19)20(26)21-16-9-13-5-3-4-6-14(13)10-16/h3-8,11-12,16,18,25H,9-10H2,1-2H3,(H,21,26). The van der Waals surface area contributed by atoms with Crippen molar-refractivity contribution in [3.05, 3.63) is 65.1 Å². The van der Waals surface area contributed by atoms with E-state index in [2.05, 4.69) is 27.6 Å². The van der Waals surface area contributed by atoms with Gasteiger partial charge in [0.1, 0.15) is 6.10 Å². The van der Waals surface area contributed by atoms with Crippen molar-refractivity contribution in [2.24, 2.45) is 5.92 Å². The number of carbonyl (C=O) groups is 1. The molecule has 6 heteroatoms. The predicted octanol–water partition coefficient (Wildman–Crippen LogP) is 2.32. The molecule has 1 aliphatic carbocycles. The Morgan fingerprint density at radius 1 is 1.15 bits per heavy atom. The number of aliphatic hydroxyl groups excluding tert-OH is 1. The molecule has 6 nitrogen and oxygen atoms in total. The summed E-state index contributed by atoms with van der Waals surface area (Å²) in [6.45, 7) is 3.83. The van der Waals surface area contributed by atoms with Crippen LogP contribution in [-0.2, 0) is 12.8 Å². The van der Waals surface area contributed by atoms with E-state index in [4.69, 9.17) is 0 Å². The van der Waals surface area contributed by atoms with E-state index in [0.717, 1.165) is 12.8 Å². The zero-order chi connectivity index (χ0) is 18.3. The number of nitrogens with one attached hydrogen (secondary N) is 1. The van der Waals surface area contributed by atoms with Crippen LogP contribution in [0.1, 0.15) is 47.3 Å². The molecule has 1 unspecified atom stereocenters. The lowest BCUT2D eigenvalue weighted by Gasteiger charge is -2.14. The second-order valence-corrected chi connectivity index (χ2v) is 7.24. The van der Waals surface area contributed by atoms with Crippen LogP contribution in [0.25, 0.3) is 5.65 Å². The third-order valence-corrected chi connectivity index (χ3v) is 4.97. The quantitative estimate of drug-likeness (QED) is 0.757. The average molecular weight is 350 g/mol. The lowest BCUT2D eigenvalue weighted by molar-refractivity contribution is 0.0937. The van der Waals surface area contributed by atoms with Crippen LogP contribution in [0, 0.1) is 5.92 Å². The summed E-state index contributed by atoms with van der Waals surface area (Å²) in [5.41, 5.74) is 3.75. The molecule has 0 spiro atoms. The molecular weight excluding hydrogens is 328 g/mol. The van der Waals surface area contributed by atoms with Crippen LogP contribution in [0.5, 0.6) is 0 Å². The molecule has 1 aliphatic rings. The number of carbonyl (C=O) groups excluding carboxylic acids is 1. The zero-order valence-electron chi connectivity index (χ0n) is 14.9. The van der Waals surface area contributed by atoms with Crippen molar-refractivity contribution in [2.45, 2.75) is 38.8 Å². The molecular formula is C20H22N4O2. The maximum atomic E-state index is 12.7. The molecule has 1 atom stereocenters. The van der Waals surface area contributed by atoms with Gasteiger partial charge in [0.2, 0.25) is 0 Å². The lowest BCUT2D eigenvalue weighted by atomic mass is 10.1. The first kappa shape index (κ1) is 16.7. The minimum atomic E-state index is -0.729. The minimum absolute atomic E-state index is 0.0110. The molecule has 2 aromatic heterocycles. The highest BCUT2D eigenvalue weighted by Gasteiger charge is 2.24. The molecule has 2 N–H and O–H groups in total. The number of fused-ring (bicyclic) bond motifs is 2. The van der Waals surface area contributed by atoms with Crippen molar-refractivity contribution < 1.29 is 9.90 Å². The molecule has 1 aromatic carbocycles. The topological polar surface area (TPSA) is 79.5 Å². The second-order valence-electron chi connectivity index (χ2n) is 7.24. The summed E-state index contributed by atoms with van der Waals surface area (Å²) in [5.74, 6) is 0.346. The van der Waals surface area contributed by atoms with Gasteiger partial charge in [0.05, 0.1) is 5.56 Å². The number of aliphatic hydroxyl groups is 1. The Balaban J connectivity index is 1.55. The summed E-state index contributed by atoms with van der Waals surface area (Å²) < 4.78 is 1.70. The number of amides is 1. The average Bonchev–Trinajstić information content (AvgIpc) is 3.23. The number of hydrogen-bond donors (Lipinski definition) is 2. The Morgan fingerprint density at radius 2 is 1.85 bits per heavy atom. The van der Waals surface area contributed by atoms with E-state index < -0.39 is 6.10 Å². The van der Waals surface area contributed by atoms with E-state index in [9.17, 15) is 9.90 Å². The molecule has 0 saturated carbocycles. The fourth-order valence-electron chi connectivity index (χ4n) is 3.47. The van der Waals surface area contributed by atoms with Crippen LogP contribution in [0.4, 0.5) is 0 Å². The number of nitrogens with zero attached hydrogens (tertiary/aromatic N) is 3. The van der Waals surface area contributed by atoms with Gasteiger partial charge >= 0.3 is 0 Å². The summed E-state index contributed by atoms with van der Waals surface area (Å²) in [5, 5.41) is 21.6. The summed E-state index contributed by atoms with van der Waals surface area (Å²) in [6.07, 6.45) is 2.68. The lowest BCUT2D eigenvalue weighted by Crippen LogP contribution is -2.35. The number of aromatic nitrogens is 3. The summed E-state index contributed by atoms with van der Waals surface area (Å²) >= 11 is 0. The third-order valence-electron chi connectivity index (χ3n) is 4.97. The summed E-state index contributed by atoms with van der Waals surface area (Å²) in [6, 6.07) is 11.9. The molecule has 3 aromatic rings. The SMILES string of the molecule is CC(C)C(O)c1nnc2ccc(C(=O)NC3Cc4ccccc4C3)cn12. The summed E-state index contributed by atoms with van der Waals surface area (Å²) in [7, 11) is 0. The van der Waals surface area contributed by atoms with Gasteiger partial charge in [-0.15, -0.1) is 10.2 Å². The number of hydrogen-bond acceptors (Lipinski definition) is 4. The highest BCUT2D eigenvalue weighted by molar-refractivity contribution is 5.94. The van der Waals surface area contributed by atoms with Gasteiger partial charge in [-0.2, -0.15) is 0 Å². The first-order valence-corrected chi connectivity index (χ1v) is 8.93. The van der Waals surface area contributed by atoms with E-state index in [0.29, 0.717) is 17.0 Å². The third kappa shape index (κ3) is 2.97. The Hall–Kier alpha value is -2.73. The number of pyridine rings is 1. The van der Waals surface area contributed by atoms with Crippen LogP contribution < -0.4 is 5.32 Å². The Morgan fingerprint density at radius 3 is 2.50 bits per heavy atom. The Bertz CT molecular complexity index is 938. The van der Waals surface area contributed by atoms with Gasteiger partial charge in [0.25, 0.3) is 5.91 Å². The van der Waals surface area contributed by atoms with Crippen molar-refractivity contribution in [1.29, 1.82) is 0 Å². The number of rotatable bonds is 4. The van der Waals surface area contributed by atoms with Gasteiger partial charge in [-0.05, 0) is 42.0 Å². The van der Waals surface area contributed by atoms with Crippen molar-refractivity contribution in [1.82, 2.24) is 19.9 Å². The molecule has 0 saturated heterocycles. The Labute approximate surface area is 151 Å². The van der Waals surface area contributed by atoms with Crippen molar-refractivity contribution in [2.75, 3.05) is 0 Å². The molecule has 4 rings (SSSR count). The molecule has 0 radical (unpaired) electrons. The van der Waals surface area contributed by atoms with Crippen LogP contribution >= 0.6 is 0 Å². The maximum absolute atomic E-state index is 12.7. The van der Waals surface area contributed by atoms with Crippen molar-refractivity contribution >= 4 is 11.6 Å². The van der Waals surface area contributed by atoms with E-state index >= 15 is 0 Å². The fraction of sp³-hybridized carbons (Fsp3) is 0.350. The Kier molecular flexibility index (Phi) is 4.20. The normalized spacial score (nSPS) is 15.4. The van der Waals surface area contributed by atoms with Crippen LogP contribution in [-0.4, -0.2) is 31.7 Å². The van der Waals surface area contributed by atoms with Gasteiger partial charge < -0.3 is 10.4 Å². The smallest absolute Gasteiger partial charge is 0.253 e. The van der Waals surface area contributed by atoms with Crippen LogP contribution in [0.15, 0.2) is 42.6 Å². The highest BCUT2D eigenvalue weighted by atomic mass is 16.3. The van der Waals surface area contributed by atoms with Gasteiger partial charge in [-0.3, -0.25) is 9.20 Å². The van der Waals surface area contributed by atoms with E-state index in [1.54, 1.807) is 22.7 Å². The highest BCUT2D eigenvalue weighted by Crippen LogP contribution is 2.23. The minimum Gasteiger partial charge on any atom is -0.385 e. The monoisotopic (exact) mass is 350 g/mol. The fourth-order valence-corrected chi connectivity index (χ4v) is 3.47. The van der Waals surface area contributed by atoms with Crippen LogP contribution in [0.3, 0.4) is 0 Å². The molecule has 0 aliphatic heterocycles. The van der Waals surface area contributed by atoms with Gasteiger partial charge in [-0.25, -0.2) is 0 Å². The predicted molar refractivity (Wildman–Crippen MR) is 97.9 cm³/mol. The van der Waals surface area contributed by atoms with Gasteiger partial charge in [-0.1, -0.05) is 38.1 Å². The van der Waals surface area contributed by atoms with Crippen molar-refractivity contribution in [3.8, 4) is 0 Å². The first-order valence-electron chi connectivity index (χ1n) is 8.93. The second kappa shape index (κ2) is 6.53. The maximum Gasteiger partial charge on any atom is 0.253 e. The molecule has 0 bridgehead atoms. The molecule has 26 heavy (non-hydrogen) atoms. The summed E-state index contributed by atoms with van der Waals surface area (Å²) in [4.78, 5) is 12.7. The molecule has 0 fully saturated rings. The van der Waals surface area contributed by atoms with E-state index in [-0.39, 0.29) is 17.9 Å².